The first kappa shape index (κ1) is 23.0. The van der Waals surface area contributed by atoms with Crippen molar-refractivity contribution in [1.82, 2.24) is 10.7 Å². The summed E-state index contributed by atoms with van der Waals surface area (Å²) in [5.74, 6) is -0.789. The van der Waals surface area contributed by atoms with E-state index in [9.17, 15) is 14.4 Å². The highest BCUT2D eigenvalue weighted by Gasteiger charge is 2.13. The van der Waals surface area contributed by atoms with Crippen LogP contribution in [0.15, 0.2) is 58.1 Å². The highest BCUT2D eigenvalue weighted by atomic mass is 19.1. The average Bonchev–Trinajstić information content (AvgIpc) is 2.90. The van der Waals surface area contributed by atoms with Crippen molar-refractivity contribution in [2.24, 2.45) is 16.0 Å². The molecule has 0 aromatic carbocycles. The first-order valence-corrected chi connectivity index (χ1v) is 9.51. The third kappa shape index (κ3) is 9.62. The topological polar surface area (TPSA) is 89.6 Å². The number of nitrogens with zero attached hydrogens (tertiary/aromatic N) is 3. The molecule has 0 aromatic heterocycles. The first-order valence-electron chi connectivity index (χ1n) is 9.51. The van der Waals surface area contributed by atoms with E-state index in [1.54, 1.807) is 0 Å². The molecule has 1 aliphatic rings. The van der Waals surface area contributed by atoms with Crippen LogP contribution in [-0.2, 0) is 4.79 Å². The lowest BCUT2D eigenvalue weighted by molar-refractivity contribution is -0.117. The van der Waals surface area contributed by atoms with E-state index in [-0.39, 0.29) is 17.2 Å². The zero-order valence-corrected chi connectivity index (χ0v) is 16.5. The van der Waals surface area contributed by atoms with E-state index in [2.05, 4.69) is 33.8 Å². The molecular formula is C21H28FN5O. The van der Waals surface area contributed by atoms with Crippen molar-refractivity contribution in [1.29, 1.82) is 5.26 Å². The molecule has 0 spiro atoms. The second-order valence-electron chi connectivity index (χ2n) is 6.22. The molecule has 1 rings (SSSR count). The van der Waals surface area contributed by atoms with Gasteiger partial charge < -0.3 is 5.32 Å². The van der Waals surface area contributed by atoms with Gasteiger partial charge in [-0.3, -0.25) is 15.2 Å². The predicted molar refractivity (Wildman–Crippen MR) is 111 cm³/mol. The molecule has 6 nitrogen and oxygen atoms in total. The van der Waals surface area contributed by atoms with Crippen LogP contribution in [0, 0.1) is 17.2 Å². The lowest BCUT2D eigenvalue weighted by Gasteiger charge is -2.15. The average molecular weight is 385 g/mol. The quantitative estimate of drug-likeness (QED) is 0.187. The molecule has 1 atom stereocenters. The first-order chi connectivity index (χ1) is 13.6. The molecule has 2 N–H and O–H groups in total. The molecule has 7 heteroatoms. The van der Waals surface area contributed by atoms with Crippen LogP contribution in [0.5, 0.6) is 0 Å². The molecule has 1 aliphatic heterocycles. The van der Waals surface area contributed by atoms with Crippen LogP contribution in [0.4, 0.5) is 4.39 Å². The normalized spacial score (nSPS) is 15.6. The molecule has 0 saturated heterocycles. The molecule has 28 heavy (non-hydrogen) atoms. The van der Waals surface area contributed by atoms with Crippen LogP contribution in [-0.4, -0.2) is 30.9 Å². The van der Waals surface area contributed by atoms with Crippen molar-refractivity contribution in [2.45, 2.75) is 39.5 Å². The molecule has 0 radical (unpaired) electrons. The Balaban J connectivity index is 2.60. The number of nitrogens with one attached hydrogen (secondary N) is 2. The van der Waals surface area contributed by atoms with E-state index < -0.39 is 11.9 Å². The van der Waals surface area contributed by atoms with Gasteiger partial charge in [-0.05, 0) is 49.6 Å². The Bertz CT molecular complexity index is 726. The van der Waals surface area contributed by atoms with Crippen LogP contribution < -0.4 is 10.7 Å². The number of hydrogen-bond acceptors (Lipinski definition) is 5. The summed E-state index contributed by atoms with van der Waals surface area (Å²) in [7, 11) is 0. The largest absolute Gasteiger partial charge is 0.351 e. The molecule has 0 saturated carbocycles. The molecule has 1 unspecified atom stereocenters. The lowest BCUT2D eigenvalue weighted by Crippen LogP contribution is -2.30. The molecule has 0 aromatic rings. The molecule has 0 aliphatic carbocycles. The predicted octanol–water partition coefficient (Wildman–Crippen LogP) is 3.72. The van der Waals surface area contributed by atoms with Crippen LogP contribution in [0.1, 0.15) is 39.5 Å². The van der Waals surface area contributed by atoms with Gasteiger partial charge in [0.05, 0.1) is 12.3 Å². The monoisotopic (exact) mass is 385 g/mol. The number of allylic oxidation sites excluding steroid dienone is 5. The minimum atomic E-state index is -0.613. The molecular weight excluding hydrogens is 357 g/mol. The minimum absolute atomic E-state index is 0.0767. The van der Waals surface area contributed by atoms with Crippen LogP contribution in [0.3, 0.4) is 0 Å². The van der Waals surface area contributed by atoms with E-state index in [1.807, 2.05) is 25.3 Å². The van der Waals surface area contributed by atoms with Crippen LogP contribution in [0.25, 0.3) is 0 Å². The fourth-order valence-electron chi connectivity index (χ4n) is 2.47. The number of amides is 1. The lowest BCUT2D eigenvalue weighted by atomic mass is 9.99. The minimum Gasteiger partial charge on any atom is -0.351 e. The molecule has 150 valence electrons. The summed E-state index contributed by atoms with van der Waals surface area (Å²) in [4.78, 5) is 16.6. The Morgan fingerprint density at radius 2 is 2.29 bits per heavy atom. The maximum Gasteiger partial charge on any atom is 0.262 e. The van der Waals surface area contributed by atoms with Crippen molar-refractivity contribution in [2.75, 3.05) is 13.1 Å². The summed E-state index contributed by atoms with van der Waals surface area (Å²) in [6.07, 6.45) is 15.2. The summed E-state index contributed by atoms with van der Waals surface area (Å²) in [5, 5.41) is 15.9. The number of hydrogen-bond donors (Lipinski definition) is 2. The van der Waals surface area contributed by atoms with Gasteiger partial charge in [-0.2, -0.15) is 14.8 Å². The van der Waals surface area contributed by atoms with Crippen molar-refractivity contribution in [3.63, 3.8) is 0 Å². The zero-order valence-electron chi connectivity index (χ0n) is 16.5. The van der Waals surface area contributed by atoms with E-state index >= 15 is 0 Å². The number of aliphatic imine (C=N–C) groups is 1. The summed E-state index contributed by atoms with van der Waals surface area (Å²) in [6.45, 7) is 5.29. The van der Waals surface area contributed by atoms with Gasteiger partial charge in [-0.15, -0.1) is 0 Å². The summed E-state index contributed by atoms with van der Waals surface area (Å²) in [6, 6.07) is 1.87. The molecule has 0 bridgehead atoms. The smallest absolute Gasteiger partial charge is 0.262 e. The number of nitriles is 1. The van der Waals surface area contributed by atoms with Crippen LogP contribution in [0.2, 0.25) is 0 Å². The zero-order chi connectivity index (χ0) is 20.6. The molecule has 1 amide bonds. The van der Waals surface area contributed by atoms with Gasteiger partial charge in [0, 0.05) is 6.54 Å². The van der Waals surface area contributed by atoms with Crippen molar-refractivity contribution < 1.29 is 9.18 Å². The van der Waals surface area contributed by atoms with Crippen LogP contribution >= 0.6 is 0 Å². The third-order valence-corrected chi connectivity index (χ3v) is 3.87. The second kappa shape index (κ2) is 14.1. The standard InChI is InChI=1S/C21H28FN5O/c1-3-8-17(9-5-6-13-24-12-4-2)16-25-21(28)18(15-23)14-19-10-7-11-20(22)27-26-19/h5-7,10-12,14,17,27H,3-4,8-9,13,16H2,1-2H3,(H,25,28)/b6-5-,18-14+,24-12?. The number of hydrazone groups is 1. The van der Waals surface area contributed by atoms with E-state index in [0.717, 1.165) is 25.7 Å². The van der Waals surface area contributed by atoms with E-state index in [4.69, 9.17) is 0 Å². The molecule has 1 heterocycles. The van der Waals surface area contributed by atoms with Gasteiger partial charge in [-0.1, -0.05) is 38.5 Å². The summed E-state index contributed by atoms with van der Waals surface area (Å²) < 4.78 is 13.1. The van der Waals surface area contributed by atoms with Gasteiger partial charge in [0.25, 0.3) is 5.91 Å². The van der Waals surface area contributed by atoms with E-state index in [0.29, 0.717) is 13.1 Å². The maximum absolute atomic E-state index is 13.1. The van der Waals surface area contributed by atoms with Gasteiger partial charge in [0.15, 0.2) is 0 Å². The highest BCUT2D eigenvalue weighted by Crippen LogP contribution is 2.11. The second-order valence-corrected chi connectivity index (χ2v) is 6.22. The Hall–Kier alpha value is -3.01. The van der Waals surface area contributed by atoms with Crippen molar-refractivity contribution >= 4 is 17.8 Å². The number of carbonyl (C=O) groups excluding carboxylic acids is 1. The Kier molecular flexibility index (Phi) is 11.6. The fraction of sp³-hybridized carbons (Fsp3) is 0.429. The van der Waals surface area contributed by atoms with Gasteiger partial charge in [0.2, 0.25) is 5.95 Å². The Morgan fingerprint density at radius 1 is 1.46 bits per heavy atom. The van der Waals surface area contributed by atoms with Crippen molar-refractivity contribution in [3.05, 3.63) is 48.0 Å². The summed E-state index contributed by atoms with van der Waals surface area (Å²) in [5.41, 5.74) is 2.40. The number of rotatable bonds is 11. The summed E-state index contributed by atoms with van der Waals surface area (Å²) >= 11 is 0. The maximum atomic E-state index is 13.1. The number of halogens is 1. The Labute approximate surface area is 166 Å². The van der Waals surface area contributed by atoms with Crippen molar-refractivity contribution in [3.8, 4) is 6.07 Å². The van der Waals surface area contributed by atoms with Gasteiger partial charge >= 0.3 is 0 Å². The SMILES string of the molecule is CCC=NC/C=C\CC(CCC)CNC(=O)/C(C#N)=C/C1=NNC(F)=CC=C1. The van der Waals surface area contributed by atoms with Gasteiger partial charge in [0.1, 0.15) is 11.6 Å². The molecule has 0 fully saturated rings. The Morgan fingerprint density at radius 3 is 3.00 bits per heavy atom. The fourth-order valence-corrected chi connectivity index (χ4v) is 2.47. The van der Waals surface area contributed by atoms with Gasteiger partial charge in [-0.25, -0.2) is 0 Å². The highest BCUT2D eigenvalue weighted by molar-refractivity contribution is 6.11. The third-order valence-electron chi connectivity index (χ3n) is 3.87. The van der Waals surface area contributed by atoms with E-state index in [1.165, 1.54) is 24.3 Å². The number of carbonyl (C=O) groups is 1.